The average molecular weight is 282 g/mol. The average Bonchev–Trinajstić information content (AvgIpc) is 2.96. The van der Waals surface area contributed by atoms with Crippen LogP contribution in [0.4, 0.5) is 0 Å². The maximum absolute atomic E-state index is 11.9. The van der Waals surface area contributed by atoms with E-state index < -0.39 is 0 Å². The van der Waals surface area contributed by atoms with Crippen molar-refractivity contribution in [2.45, 2.75) is 51.9 Å². The predicted octanol–water partition coefficient (Wildman–Crippen LogP) is 3.64. The van der Waals surface area contributed by atoms with Gasteiger partial charge in [-0.1, -0.05) is 31.0 Å². The van der Waals surface area contributed by atoms with Crippen LogP contribution in [-0.4, -0.2) is 9.97 Å². The van der Waals surface area contributed by atoms with Gasteiger partial charge in [-0.2, -0.15) is 0 Å². The molecular weight excluding hydrogens is 260 g/mol. The van der Waals surface area contributed by atoms with Crippen molar-refractivity contribution in [1.29, 1.82) is 0 Å². The zero-order chi connectivity index (χ0) is 14.8. The molecule has 1 aromatic carbocycles. The van der Waals surface area contributed by atoms with Gasteiger partial charge >= 0.3 is 0 Å². The lowest BCUT2D eigenvalue weighted by atomic mass is 10.0. The fraction of sp³-hybridized carbons (Fsp3) is 0.444. The molecule has 21 heavy (non-hydrogen) atoms. The Morgan fingerprint density at radius 2 is 1.90 bits per heavy atom. The third-order valence-corrected chi connectivity index (χ3v) is 4.53. The van der Waals surface area contributed by atoms with Crippen LogP contribution in [0.3, 0.4) is 0 Å². The second-order valence-corrected chi connectivity index (χ2v) is 6.19. The number of benzene rings is 1. The minimum atomic E-state index is -0.0225. The summed E-state index contributed by atoms with van der Waals surface area (Å²) in [6, 6.07) is 8.10. The second kappa shape index (κ2) is 5.84. The number of aryl methyl sites for hydroxylation is 2. The highest BCUT2D eigenvalue weighted by Crippen LogP contribution is 2.32. The molecule has 0 spiro atoms. The van der Waals surface area contributed by atoms with Crippen molar-refractivity contribution in [3.8, 4) is 0 Å². The van der Waals surface area contributed by atoms with Crippen molar-refractivity contribution >= 4 is 0 Å². The second-order valence-electron chi connectivity index (χ2n) is 6.19. The number of rotatable bonds is 3. The van der Waals surface area contributed by atoms with Crippen LogP contribution in [0, 0.1) is 13.8 Å². The van der Waals surface area contributed by atoms with Crippen molar-refractivity contribution in [1.82, 2.24) is 9.97 Å². The van der Waals surface area contributed by atoms with Crippen LogP contribution in [0.5, 0.6) is 0 Å². The fourth-order valence-electron chi connectivity index (χ4n) is 3.15. The minimum Gasteiger partial charge on any atom is -0.310 e. The number of nitrogens with one attached hydrogen (secondary N) is 1. The molecule has 1 saturated carbocycles. The third kappa shape index (κ3) is 3.23. The Kier molecular flexibility index (Phi) is 3.91. The van der Waals surface area contributed by atoms with E-state index in [1.54, 1.807) is 6.07 Å². The summed E-state index contributed by atoms with van der Waals surface area (Å²) in [6.07, 6.45) is 5.53. The van der Waals surface area contributed by atoms with Crippen molar-refractivity contribution < 1.29 is 0 Å². The Balaban J connectivity index is 1.87. The van der Waals surface area contributed by atoms with Gasteiger partial charge in [-0.25, -0.2) is 4.98 Å². The molecule has 1 aromatic heterocycles. The van der Waals surface area contributed by atoms with Gasteiger partial charge in [0.05, 0.1) is 5.69 Å². The topological polar surface area (TPSA) is 45.8 Å². The maximum Gasteiger partial charge on any atom is 0.251 e. The predicted molar refractivity (Wildman–Crippen MR) is 84.8 cm³/mol. The summed E-state index contributed by atoms with van der Waals surface area (Å²) in [4.78, 5) is 19.5. The number of hydrogen-bond acceptors (Lipinski definition) is 2. The van der Waals surface area contributed by atoms with Crippen LogP contribution in [0.1, 0.15) is 59.8 Å². The molecule has 3 nitrogen and oxygen atoms in total. The van der Waals surface area contributed by atoms with Gasteiger partial charge in [-0.15, -0.1) is 0 Å². The van der Waals surface area contributed by atoms with Gasteiger partial charge in [0.25, 0.3) is 5.56 Å². The first-order chi connectivity index (χ1) is 10.1. The lowest BCUT2D eigenvalue weighted by molar-refractivity contribution is 0.683. The third-order valence-electron chi connectivity index (χ3n) is 4.53. The van der Waals surface area contributed by atoms with E-state index in [0.29, 0.717) is 12.3 Å². The van der Waals surface area contributed by atoms with E-state index in [1.165, 1.54) is 42.4 Å². The summed E-state index contributed by atoms with van der Waals surface area (Å²) in [5.41, 5.74) is 4.73. The molecule has 2 aromatic rings. The molecule has 1 fully saturated rings. The standard InChI is InChI=1S/C18H22N2O/c1-12-7-8-14(9-13(12)2)10-17-19-16(11-18(21)20-17)15-5-3-4-6-15/h7-9,11,15H,3-6,10H2,1-2H3,(H,19,20,21). The van der Waals surface area contributed by atoms with Crippen molar-refractivity contribution in [3.05, 3.63) is 62.8 Å². The summed E-state index contributed by atoms with van der Waals surface area (Å²) >= 11 is 0. The Labute approximate surface area is 125 Å². The smallest absolute Gasteiger partial charge is 0.251 e. The summed E-state index contributed by atoms with van der Waals surface area (Å²) in [5, 5.41) is 0. The number of aromatic nitrogens is 2. The summed E-state index contributed by atoms with van der Waals surface area (Å²) in [7, 11) is 0. The van der Waals surface area contributed by atoms with Crippen molar-refractivity contribution in [2.24, 2.45) is 0 Å². The van der Waals surface area contributed by atoms with Crippen LogP contribution in [0.2, 0.25) is 0 Å². The van der Waals surface area contributed by atoms with Gasteiger partial charge in [0, 0.05) is 18.4 Å². The Hall–Kier alpha value is -1.90. The lowest BCUT2D eigenvalue weighted by Gasteiger charge is -2.10. The zero-order valence-electron chi connectivity index (χ0n) is 12.8. The lowest BCUT2D eigenvalue weighted by Crippen LogP contribution is -2.14. The Morgan fingerprint density at radius 3 is 2.62 bits per heavy atom. The first-order valence-corrected chi connectivity index (χ1v) is 7.78. The largest absolute Gasteiger partial charge is 0.310 e. The van der Waals surface area contributed by atoms with E-state index in [9.17, 15) is 4.79 Å². The van der Waals surface area contributed by atoms with Gasteiger partial charge in [0.15, 0.2) is 0 Å². The first-order valence-electron chi connectivity index (χ1n) is 7.78. The van der Waals surface area contributed by atoms with E-state index in [2.05, 4.69) is 37.0 Å². The molecule has 0 radical (unpaired) electrons. The summed E-state index contributed by atoms with van der Waals surface area (Å²) in [5.74, 6) is 1.26. The molecule has 0 atom stereocenters. The van der Waals surface area contributed by atoms with Gasteiger partial charge in [-0.3, -0.25) is 4.79 Å². The SMILES string of the molecule is Cc1ccc(Cc2nc(C3CCCC3)cc(=O)[nH]2)cc1C. The Bertz CT molecular complexity index is 697. The van der Waals surface area contributed by atoms with Gasteiger partial charge < -0.3 is 4.98 Å². The van der Waals surface area contributed by atoms with Gasteiger partial charge in [-0.05, 0) is 43.4 Å². The quantitative estimate of drug-likeness (QED) is 0.934. The summed E-state index contributed by atoms with van der Waals surface area (Å²) in [6.45, 7) is 4.23. The van der Waals surface area contributed by atoms with E-state index in [1.807, 2.05) is 0 Å². The molecule has 3 heteroatoms. The highest BCUT2D eigenvalue weighted by molar-refractivity contribution is 5.31. The molecular formula is C18H22N2O. The Morgan fingerprint density at radius 1 is 1.14 bits per heavy atom. The van der Waals surface area contributed by atoms with Crippen LogP contribution in [0.25, 0.3) is 0 Å². The van der Waals surface area contributed by atoms with E-state index in [0.717, 1.165) is 11.5 Å². The molecule has 0 unspecified atom stereocenters. The molecule has 0 bridgehead atoms. The van der Waals surface area contributed by atoms with E-state index >= 15 is 0 Å². The van der Waals surface area contributed by atoms with Crippen LogP contribution >= 0.6 is 0 Å². The van der Waals surface area contributed by atoms with Gasteiger partial charge in [0.2, 0.25) is 0 Å². The normalized spacial score (nSPS) is 15.5. The number of aromatic amines is 1. The molecule has 1 heterocycles. The van der Waals surface area contributed by atoms with Crippen molar-refractivity contribution in [2.75, 3.05) is 0 Å². The monoisotopic (exact) mass is 282 g/mol. The molecule has 1 aliphatic carbocycles. The highest BCUT2D eigenvalue weighted by atomic mass is 16.1. The number of hydrogen-bond donors (Lipinski definition) is 1. The number of H-pyrrole nitrogens is 1. The molecule has 1 N–H and O–H groups in total. The summed E-state index contributed by atoms with van der Waals surface area (Å²) < 4.78 is 0. The van der Waals surface area contributed by atoms with Crippen molar-refractivity contribution in [3.63, 3.8) is 0 Å². The maximum atomic E-state index is 11.9. The molecule has 3 rings (SSSR count). The van der Waals surface area contributed by atoms with E-state index in [-0.39, 0.29) is 5.56 Å². The molecule has 0 aliphatic heterocycles. The first kappa shape index (κ1) is 14.1. The van der Waals surface area contributed by atoms with Crippen LogP contribution in [0.15, 0.2) is 29.1 Å². The molecule has 1 aliphatic rings. The van der Waals surface area contributed by atoms with Crippen LogP contribution in [-0.2, 0) is 6.42 Å². The minimum absolute atomic E-state index is 0.0225. The highest BCUT2D eigenvalue weighted by Gasteiger charge is 2.19. The molecule has 0 amide bonds. The van der Waals surface area contributed by atoms with E-state index in [4.69, 9.17) is 4.98 Å². The van der Waals surface area contributed by atoms with Crippen LogP contribution < -0.4 is 5.56 Å². The zero-order valence-corrected chi connectivity index (χ0v) is 12.8. The van der Waals surface area contributed by atoms with Gasteiger partial charge in [0.1, 0.15) is 5.82 Å². The fourth-order valence-corrected chi connectivity index (χ4v) is 3.15. The molecule has 110 valence electrons. The molecule has 0 saturated heterocycles. The number of nitrogens with zero attached hydrogens (tertiary/aromatic N) is 1.